The molecule has 0 fully saturated rings. The molecule has 1 unspecified atom stereocenters. The second kappa shape index (κ2) is 4.73. The van der Waals surface area contributed by atoms with Crippen molar-refractivity contribution in [3.05, 3.63) is 29.3 Å². The first kappa shape index (κ1) is 13.1. The van der Waals surface area contributed by atoms with Gasteiger partial charge in [-0.05, 0) is 35.4 Å². The van der Waals surface area contributed by atoms with Gasteiger partial charge in [-0.2, -0.15) is 0 Å². The first-order valence-corrected chi connectivity index (χ1v) is 6.62. The van der Waals surface area contributed by atoms with Gasteiger partial charge in [-0.3, -0.25) is 4.79 Å². The van der Waals surface area contributed by atoms with E-state index in [-0.39, 0.29) is 17.4 Å². The summed E-state index contributed by atoms with van der Waals surface area (Å²) in [7, 11) is 0. The molecule has 0 radical (unpaired) electrons. The molecule has 1 heterocycles. The van der Waals surface area contributed by atoms with Crippen LogP contribution in [0, 0.1) is 5.41 Å². The topological polar surface area (TPSA) is 55.1 Å². The smallest absolute Gasteiger partial charge is 0.224 e. The summed E-state index contributed by atoms with van der Waals surface area (Å²) < 4.78 is 0. The first-order valence-electron chi connectivity index (χ1n) is 6.62. The third kappa shape index (κ3) is 2.41. The highest BCUT2D eigenvalue weighted by molar-refractivity contribution is 5.93. The zero-order valence-corrected chi connectivity index (χ0v) is 11.4. The molecule has 98 valence electrons. The van der Waals surface area contributed by atoms with Gasteiger partial charge in [0, 0.05) is 18.2 Å². The number of hydrogen-bond donors (Lipinski definition) is 2. The van der Waals surface area contributed by atoms with Crippen molar-refractivity contribution < 1.29 is 4.79 Å². The van der Waals surface area contributed by atoms with E-state index in [2.05, 4.69) is 32.2 Å². The summed E-state index contributed by atoms with van der Waals surface area (Å²) in [4.78, 5) is 11.3. The average molecular weight is 246 g/mol. The predicted molar refractivity (Wildman–Crippen MR) is 74.4 cm³/mol. The van der Waals surface area contributed by atoms with Gasteiger partial charge in [0.05, 0.1) is 0 Å². The molecular formula is C15H22N2O. The average Bonchev–Trinajstić information content (AvgIpc) is 2.37. The number of hydrogen-bond acceptors (Lipinski definition) is 2. The fraction of sp³-hybridized carbons (Fsp3) is 0.533. The maximum absolute atomic E-state index is 11.3. The Bertz CT molecular complexity index is 466. The number of nitrogens with one attached hydrogen (secondary N) is 1. The monoisotopic (exact) mass is 246 g/mol. The summed E-state index contributed by atoms with van der Waals surface area (Å²) in [5, 5.41) is 2.90. The largest absolute Gasteiger partial charge is 0.326 e. The molecule has 1 aliphatic heterocycles. The van der Waals surface area contributed by atoms with Crippen LogP contribution >= 0.6 is 0 Å². The molecule has 1 aromatic rings. The van der Waals surface area contributed by atoms with Crippen LogP contribution in [0.25, 0.3) is 0 Å². The number of carbonyl (C=O) groups is 1. The van der Waals surface area contributed by atoms with Crippen molar-refractivity contribution in [2.45, 2.75) is 46.1 Å². The molecule has 0 spiro atoms. The van der Waals surface area contributed by atoms with Crippen molar-refractivity contribution >= 4 is 11.6 Å². The molecule has 1 atom stereocenters. The summed E-state index contributed by atoms with van der Waals surface area (Å²) in [5.41, 5.74) is 9.75. The molecule has 2 rings (SSSR count). The molecule has 1 aromatic carbocycles. The molecule has 0 aromatic heterocycles. The van der Waals surface area contributed by atoms with Crippen LogP contribution in [0.2, 0.25) is 0 Å². The van der Waals surface area contributed by atoms with E-state index < -0.39 is 0 Å². The normalized spacial score (nSPS) is 17.0. The van der Waals surface area contributed by atoms with Gasteiger partial charge < -0.3 is 11.1 Å². The molecule has 0 aliphatic carbocycles. The van der Waals surface area contributed by atoms with Crippen LogP contribution in [0.4, 0.5) is 5.69 Å². The summed E-state index contributed by atoms with van der Waals surface area (Å²) in [6, 6.07) is 6.20. The first-order chi connectivity index (χ1) is 8.44. The van der Waals surface area contributed by atoms with Gasteiger partial charge in [0.15, 0.2) is 0 Å². The maximum atomic E-state index is 11.3. The Balaban J connectivity index is 2.29. The van der Waals surface area contributed by atoms with Gasteiger partial charge in [-0.1, -0.05) is 32.9 Å². The van der Waals surface area contributed by atoms with E-state index in [1.54, 1.807) is 0 Å². The van der Waals surface area contributed by atoms with Gasteiger partial charge in [0.25, 0.3) is 0 Å². The minimum atomic E-state index is 0.0328. The van der Waals surface area contributed by atoms with Crippen molar-refractivity contribution in [1.82, 2.24) is 0 Å². The fourth-order valence-electron chi connectivity index (χ4n) is 2.27. The standard InChI is InChI=1S/C15H22N2O/c1-4-15(2,3)14(16)11-5-7-12-10(9-11)6-8-13(18)17-12/h5,7,9,14H,4,6,8,16H2,1-3H3,(H,17,18). The molecule has 0 saturated carbocycles. The van der Waals surface area contributed by atoms with Crippen LogP contribution in [0.1, 0.15) is 50.8 Å². The minimum Gasteiger partial charge on any atom is -0.326 e. The molecule has 3 heteroatoms. The highest BCUT2D eigenvalue weighted by atomic mass is 16.1. The zero-order valence-electron chi connectivity index (χ0n) is 11.4. The molecule has 0 bridgehead atoms. The fourth-order valence-corrected chi connectivity index (χ4v) is 2.27. The molecule has 3 N–H and O–H groups in total. The highest BCUT2D eigenvalue weighted by Crippen LogP contribution is 2.36. The van der Waals surface area contributed by atoms with Crippen LogP contribution < -0.4 is 11.1 Å². The number of carbonyl (C=O) groups excluding carboxylic acids is 1. The van der Waals surface area contributed by atoms with Crippen molar-refractivity contribution in [3.63, 3.8) is 0 Å². The molecule has 1 amide bonds. The Morgan fingerprint density at radius 1 is 1.39 bits per heavy atom. The second-order valence-corrected chi connectivity index (χ2v) is 5.78. The minimum absolute atomic E-state index is 0.0328. The van der Waals surface area contributed by atoms with Crippen molar-refractivity contribution in [2.24, 2.45) is 11.1 Å². The summed E-state index contributed by atoms with van der Waals surface area (Å²) >= 11 is 0. The third-order valence-corrected chi connectivity index (χ3v) is 4.14. The second-order valence-electron chi connectivity index (χ2n) is 5.78. The summed E-state index contributed by atoms with van der Waals surface area (Å²) in [6.07, 6.45) is 2.43. The SMILES string of the molecule is CCC(C)(C)C(N)c1ccc2c(c1)CCC(=O)N2. The van der Waals surface area contributed by atoms with E-state index in [4.69, 9.17) is 5.73 Å². The van der Waals surface area contributed by atoms with E-state index in [1.165, 1.54) is 5.56 Å². The lowest BCUT2D eigenvalue weighted by atomic mass is 9.78. The van der Waals surface area contributed by atoms with E-state index in [0.717, 1.165) is 24.1 Å². The molecular weight excluding hydrogens is 224 g/mol. The lowest BCUT2D eigenvalue weighted by molar-refractivity contribution is -0.116. The van der Waals surface area contributed by atoms with Gasteiger partial charge in [-0.15, -0.1) is 0 Å². The summed E-state index contributed by atoms with van der Waals surface area (Å²) in [6.45, 7) is 6.55. The third-order valence-electron chi connectivity index (χ3n) is 4.14. The van der Waals surface area contributed by atoms with Crippen LogP contribution in [-0.4, -0.2) is 5.91 Å². The van der Waals surface area contributed by atoms with Gasteiger partial charge >= 0.3 is 0 Å². The van der Waals surface area contributed by atoms with E-state index in [1.807, 2.05) is 12.1 Å². The van der Waals surface area contributed by atoms with Gasteiger partial charge in [0.2, 0.25) is 5.91 Å². The lowest BCUT2D eigenvalue weighted by Crippen LogP contribution is -2.29. The van der Waals surface area contributed by atoms with Crippen molar-refractivity contribution in [3.8, 4) is 0 Å². The highest BCUT2D eigenvalue weighted by Gasteiger charge is 2.26. The Hall–Kier alpha value is -1.35. The Labute approximate surface area is 109 Å². The van der Waals surface area contributed by atoms with Crippen molar-refractivity contribution in [2.75, 3.05) is 5.32 Å². The Morgan fingerprint density at radius 3 is 2.78 bits per heavy atom. The molecule has 0 saturated heterocycles. The van der Waals surface area contributed by atoms with E-state index in [9.17, 15) is 4.79 Å². The molecule has 18 heavy (non-hydrogen) atoms. The number of nitrogens with two attached hydrogens (primary N) is 1. The van der Waals surface area contributed by atoms with Gasteiger partial charge in [-0.25, -0.2) is 0 Å². The van der Waals surface area contributed by atoms with Crippen LogP contribution in [-0.2, 0) is 11.2 Å². The van der Waals surface area contributed by atoms with Crippen LogP contribution in [0.15, 0.2) is 18.2 Å². The van der Waals surface area contributed by atoms with Gasteiger partial charge in [0.1, 0.15) is 0 Å². The number of aryl methyl sites for hydroxylation is 1. The lowest BCUT2D eigenvalue weighted by Gasteiger charge is -2.31. The number of rotatable bonds is 3. The quantitative estimate of drug-likeness (QED) is 0.861. The maximum Gasteiger partial charge on any atom is 0.224 e. The Morgan fingerprint density at radius 2 is 2.11 bits per heavy atom. The number of benzene rings is 1. The molecule has 3 nitrogen and oxygen atoms in total. The van der Waals surface area contributed by atoms with Crippen LogP contribution in [0.3, 0.4) is 0 Å². The zero-order chi connectivity index (χ0) is 13.3. The summed E-state index contributed by atoms with van der Waals surface area (Å²) in [5.74, 6) is 0.105. The predicted octanol–water partition coefficient (Wildman–Crippen LogP) is 3.01. The van der Waals surface area contributed by atoms with Crippen molar-refractivity contribution in [1.29, 1.82) is 0 Å². The number of fused-ring (bicyclic) bond motifs is 1. The van der Waals surface area contributed by atoms with E-state index in [0.29, 0.717) is 6.42 Å². The molecule has 1 aliphatic rings. The van der Waals surface area contributed by atoms with E-state index >= 15 is 0 Å². The number of amides is 1. The Kier molecular flexibility index (Phi) is 3.44. The van der Waals surface area contributed by atoms with Crippen LogP contribution in [0.5, 0.6) is 0 Å². The number of anilines is 1.